The smallest absolute Gasteiger partial charge is 0.218 e. The van der Waals surface area contributed by atoms with E-state index in [1.807, 2.05) is 29.0 Å². The van der Waals surface area contributed by atoms with Crippen LogP contribution in [0.5, 0.6) is 0 Å². The second-order valence-corrected chi connectivity index (χ2v) is 7.06. The van der Waals surface area contributed by atoms with Gasteiger partial charge in [0.15, 0.2) is 0 Å². The maximum Gasteiger partial charge on any atom is 0.218 e. The molecule has 1 aliphatic rings. The molecule has 5 nitrogen and oxygen atoms in total. The quantitative estimate of drug-likeness (QED) is 0.735. The Labute approximate surface area is 150 Å². The van der Waals surface area contributed by atoms with Crippen LogP contribution in [0.1, 0.15) is 24.1 Å². The van der Waals surface area contributed by atoms with Gasteiger partial charge >= 0.3 is 0 Å². The normalized spacial score (nSPS) is 14.4. The van der Waals surface area contributed by atoms with E-state index in [9.17, 15) is 4.39 Å². The van der Waals surface area contributed by atoms with Gasteiger partial charge in [-0.25, -0.2) is 4.39 Å². The number of benzene rings is 1. The molecule has 0 radical (unpaired) electrons. The summed E-state index contributed by atoms with van der Waals surface area (Å²) in [7, 11) is 0. The lowest BCUT2D eigenvalue weighted by molar-refractivity contribution is 0.584. The summed E-state index contributed by atoms with van der Waals surface area (Å²) in [5.41, 5.74) is 1.76. The van der Waals surface area contributed by atoms with Crippen LogP contribution < -0.4 is 10.2 Å². The third kappa shape index (κ3) is 3.57. The van der Waals surface area contributed by atoms with Gasteiger partial charge in [0.05, 0.1) is 0 Å². The second kappa shape index (κ2) is 7.33. The number of nitrogens with zero attached hydrogens (tertiary/aromatic N) is 4. The van der Waals surface area contributed by atoms with Crippen molar-refractivity contribution in [1.82, 2.24) is 20.1 Å². The molecular formula is C18H20FN5S. The Morgan fingerprint density at radius 2 is 1.80 bits per heavy atom. The molecule has 0 spiro atoms. The van der Waals surface area contributed by atoms with E-state index < -0.39 is 0 Å². The van der Waals surface area contributed by atoms with Gasteiger partial charge in [0, 0.05) is 43.6 Å². The Morgan fingerprint density at radius 3 is 2.64 bits per heavy atom. The molecule has 0 bridgehead atoms. The van der Waals surface area contributed by atoms with Gasteiger partial charge < -0.3 is 10.2 Å². The first-order chi connectivity index (χ1) is 12.3. The zero-order chi connectivity index (χ0) is 17.1. The number of rotatable bonds is 6. The SMILES string of the molecule is Fc1ccccc1CNCc1cccn1-c1nnc(N2CCCC2)s1. The van der Waals surface area contributed by atoms with Crippen molar-refractivity contribution in [3.63, 3.8) is 0 Å². The maximum absolute atomic E-state index is 13.7. The van der Waals surface area contributed by atoms with Gasteiger partial charge in [-0.3, -0.25) is 4.57 Å². The Morgan fingerprint density at radius 1 is 1.00 bits per heavy atom. The predicted molar refractivity (Wildman–Crippen MR) is 97.6 cm³/mol. The third-order valence-electron chi connectivity index (χ3n) is 4.40. The Kier molecular flexibility index (Phi) is 4.76. The van der Waals surface area contributed by atoms with Crippen molar-refractivity contribution in [2.45, 2.75) is 25.9 Å². The molecule has 2 aromatic heterocycles. The third-order valence-corrected chi connectivity index (χ3v) is 5.38. The minimum absolute atomic E-state index is 0.176. The van der Waals surface area contributed by atoms with Crippen molar-refractivity contribution < 1.29 is 4.39 Å². The van der Waals surface area contributed by atoms with E-state index in [-0.39, 0.29) is 5.82 Å². The zero-order valence-corrected chi connectivity index (χ0v) is 14.7. The van der Waals surface area contributed by atoms with Crippen LogP contribution in [0.15, 0.2) is 42.6 Å². The minimum atomic E-state index is -0.176. The summed E-state index contributed by atoms with van der Waals surface area (Å²) in [5.74, 6) is -0.176. The fourth-order valence-corrected chi connectivity index (χ4v) is 3.97. The van der Waals surface area contributed by atoms with Gasteiger partial charge in [0.25, 0.3) is 0 Å². The number of anilines is 1. The molecule has 3 aromatic rings. The number of hydrogen-bond acceptors (Lipinski definition) is 5. The van der Waals surface area contributed by atoms with Crippen molar-refractivity contribution in [2.24, 2.45) is 0 Å². The molecule has 0 atom stereocenters. The van der Waals surface area contributed by atoms with Gasteiger partial charge in [0.1, 0.15) is 5.82 Å². The molecule has 1 N–H and O–H groups in total. The zero-order valence-electron chi connectivity index (χ0n) is 13.9. The Balaban J connectivity index is 1.43. The van der Waals surface area contributed by atoms with Gasteiger partial charge in [-0.1, -0.05) is 29.5 Å². The lowest BCUT2D eigenvalue weighted by Gasteiger charge is -2.11. The van der Waals surface area contributed by atoms with Gasteiger partial charge in [-0.05, 0) is 31.0 Å². The Hall–Kier alpha value is -2.25. The molecule has 0 unspecified atom stereocenters. The molecule has 7 heteroatoms. The predicted octanol–water partition coefficient (Wildman–Crippen LogP) is 3.36. The van der Waals surface area contributed by atoms with E-state index in [0.29, 0.717) is 18.7 Å². The number of aromatic nitrogens is 3. The summed E-state index contributed by atoms with van der Waals surface area (Å²) in [6, 6.07) is 10.9. The van der Waals surface area contributed by atoms with Crippen LogP contribution in [0.25, 0.3) is 5.13 Å². The number of hydrogen-bond donors (Lipinski definition) is 1. The van der Waals surface area contributed by atoms with E-state index >= 15 is 0 Å². The molecule has 130 valence electrons. The molecule has 1 fully saturated rings. The Bertz CT molecular complexity index is 837. The standard InChI is InChI=1S/C18H20FN5S/c19-16-8-2-1-6-14(16)12-20-13-15-7-5-11-24(15)18-22-21-17(25-18)23-9-3-4-10-23/h1-2,5-8,11,20H,3-4,9-10,12-13H2. The molecule has 3 heterocycles. The highest BCUT2D eigenvalue weighted by atomic mass is 32.1. The van der Waals surface area contributed by atoms with Crippen LogP contribution >= 0.6 is 11.3 Å². The first kappa shape index (κ1) is 16.2. The first-order valence-electron chi connectivity index (χ1n) is 8.50. The van der Waals surface area contributed by atoms with Crippen LogP contribution in [-0.2, 0) is 13.1 Å². The molecule has 1 aliphatic heterocycles. The molecule has 1 saturated heterocycles. The molecule has 0 amide bonds. The van der Waals surface area contributed by atoms with Crippen LogP contribution in [0.2, 0.25) is 0 Å². The lowest BCUT2D eigenvalue weighted by atomic mass is 10.2. The summed E-state index contributed by atoms with van der Waals surface area (Å²) < 4.78 is 15.7. The highest BCUT2D eigenvalue weighted by molar-refractivity contribution is 7.17. The van der Waals surface area contributed by atoms with Gasteiger partial charge in [0.2, 0.25) is 10.3 Å². The van der Waals surface area contributed by atoms with Crippen molar-refractivity contribution in [2.75, 3.05) is 18.0 Å². The molecule has 25 heavy (non-hydrogen) atoms. The van der Waals surface area contributed by atoms with E-state index in [2.05, 4.69) is 20.4 Å². The van der Waals surface area contributed by atoms with E-state index in [0.717, 1.165) is 29.0 Å². The molecule has 1 aromatic carbocycles. The fraction of sp³-hybridized carbons (Fsp3) is 0.333. The summed E-state index contributed by atoms with van der Waals surface area (Å²) in [4.78, 5) is 2.29. The van der Waals surface area contributed by atoms with E-state index in [1.165, 1.54) is 18.9 Å². The van der Waals surface area contributed by atoms with E-state index in [1.54, 1.807) is 23.5 Å². The molecular weight excluding hydrogens is 337 g/mol. The number of nitrogens with one attached hydrogen (secondary N) is 1. The molecule has 0 saturated carbocycles. The maximum atomic E-state index is 13.7. The summed E-state index contributed by atoms with van der Waals surface area (Å²) in [6.07, 6.45) is 4.45. The monoisotopic (exact) mass is 357 g/mol. The van der Waals surface area contributed by atoms with Crippen molar-refractivity contribution in [3.05, 3.63) is 59.7 Å². The summed E-state index contributed by atoms with van der Waals surface area (Å²) in [6.45, 7) is 3.27. The van der Waals surface area contributed by atoms with Crippen molar-refractivity contribution in [1.29, 1.82) is 0 Å². The van der Waals surface area contributed by atoms with Crippen LogP contribution in [0.3, 0.4) is 0 Å². The van der Waals surface area contributed by atoms with E-state index in [4.69, 9.17) is 0 Å². The molecule has 0 aliphatic carbocycles. The van der Waals surface area contributed by atoms with Crippen LogP contribution in [0, 0.1) is 5.82 Å². The summed E-state index contributed by atoms with van der Waals surface area (Å²) in [5, 5.41) is 13.8. The topological polar surface area (TPSA) is 46.0 Å². The van der Waals surface area contributed by atoms with Gasteiger partial charge in [-0.2, -0.15) is 0 Å². The van der Waals surface area contributed by atoms with Gasteiger partial charge in [-0.15, -0.1) is 10.2 Å². The van der Waals surface area contributed by atoms with Crippen molar-refractivity contribution in [3.8, 4) is 5.13 Å². The second-order valence-electron chi connectivity index (χ2n) is 6.13. The average molecular weight is 357 g/mol. The number of halogens is 1. The van der Waals surface area contributed by atoms with Crippen LogP contribution in [0.4, 0.5) is 9.52 Å². The highest BCUT2D eigenvalue weighted by Gasteiger charge is 2.18. The minimum Gasteiger partial charge on any atom is -0.347 e. The fourth-order valence-electron chi connectivity index (χ4n) is 3.06. The lowest BCUT2D eigenvalue weighted by Crippen LogP contribution is -2.17. The van der Waals surface area contributed by atoms with Crippen molar-refractivity contribution >= 4 is 16.5 Å². The largest absolute Gasteiger partial charge is 0.347 e. The molecule has 4 rings (SSSR count). The highest BCUT2D eigenvalue weighted by Crippen LogP contribution is 2.27. The van der Waals surface area contributed by atoms with Crippen LogP contribution in [-0.4, -0.2) is 27.9 Å². The first-order valence-corrected chi connectivity index (χ1v) is 9.32. The summed E-state index contributed by atoms with van der Waals surface area (Å²) >= 11 is 1.61. The average Bonchev–Trinajstić information content (AvgIpc) is 3.37.